The summed E-state index contributed by atoms with van der Waals surface area (Å²) in [5.41, 5.74) is 0.113. The molecule has 0 spiro atoms. The summed E-state index contributed by atoms with van der Waals surface area (Å²) in [4.78, 5) is 39.7. The van der Waals surface area contributed by atoms with Gasteiger partial charge in [-0.05, 0) is 95.9 Å². The zero-order valence-corrected chi connectivity index (χ0v) is 25.2. The van der Waals surface area contributed by atoms with Crippen molar-refractivity contribution in [1.29, 1.82) is 0 Å². The molecular weight excluding hydrogens is 536 g/mol. The standard InChI is InChI=1S/C31H44N6O5/c1-30(2,3)42-29(41)37-19-21-15-23(38)12-11-20(21)17-31(37,4)25(39)18-32-27(40)24-16-26(33-22-9-8-10-22)35-28(34-24)36-13-6-5-7-14-36/h11-12,15-16,22,25,38-39H,5-10,13-14,17-19H2,1-4H3,(H,32,40)(H,33,34,35)/t25-,31-/m1/s1. The van der Waals surface area contributed by atoms with Crippen LogP contribution in [0.25, 0.3) is 0 Å². The molecule has 2 aliphatic heterocycles. The summed E-state index contributed by atoms with van der Waals surface area (Å²) < 4.78 is 5.69. The Kier molecular flexibility index (Phi) is 8.50. The quantitative estimate of drug-likeness (QED) is 0.383. The fourth-order valence-corrected chi connectivity index (χ4v) is 5.77. The highest BCUT2D eigenvalue weighted by Crippen LogP contribution is 2.36. The van der Waals surface area contributed by atoms with Crippen LogP contribution in [0.5, 0.6) is 5.75 Å². The van der Waals surface area contributed by atoms with Crippen molar-refractivity contribution >= 4 is 23.8 Å². The molecule has 1 aliphatic carbocycles. The van der Waals surface area contributed by atoms with Gasteiger partial charge in [0.05, 0.1) is 18.2 Å². The summed E-state index contributed by atoms with van der Waals surface area (Å²) >= 11 is 0. The van der Waals surface area contributed by atoms with Crippen LogP contribution in [0.2, 0.25) is 0 Å². The molecule has 42 heavy (non-hydrogen) atoms. The number of carbonyl (C=O) groups is 2. The summed E-state index contributed by atoms with van der Waals surface area (Å²) in [6.45, 7) is 8.92. The molecule has 3 aliphatic rings. The number of anilines is 2. The van der Waals surface area contributed by atoms with Crippen LogP contribution < -0.4 is 15.5 Å². The fourth-order valence-electron chi connectivity index (χ4n) is 5.77. The van der Waals surface area contributed by atoms with Crippen molar-refractivity contribution in [3.05, 3.63) is 41.1 Å². The first kappa shape index (κ1) is 29.9. The SMILES string of the molecule is CC(C)(C)OC(=O)N1Cc2cc(O)ccc2C[C@]1(C)[C@H](O)CNC(=O)c1cc(NC2CCC2)nc(N2CCCCC2)n1. The number of aromatic nitrogens is 2. The van der Waals surface area contributed by atoms with Crippen molar-refractivity contribution < 1.29 is 24.5 Å². The minimum atomic E-state index is -1.12. The first-order valence-electron chi connectivity index (χ1n) is 15.1. The van der Waals surface area contributed by atoms with Crippen LogP contribution >= 0.6 is 0 Å². The number of aliphatic hydroxyl groups is 1. The lowest BCUT2D eigenvalue weighted by atomic mass is 9.80. The number of amides is 2. The molecule has 11 heteroatoms. The number of phenols is 1. The van der Waals surface area contributed by atoms with E-state index in [9.17, 15) is 19.8 Å². The molecule has 2 amide bonds. The van der Waals surface area contributed by atoms with Gasteiger partial charge in [-0.25, -0.2) is 9.78 Å². The number of aliphatic hydroxyl groups excluding tert-OH is 1. The molecular formula is C31H44N6O5. The molecule has 0 bridgehead atoms. The molecule has 0 radical (unpaired) electrons. The molecule has 11 nitrogen and oxygen atoms in total. The van der Waals surface area contributed by atoms with Crippen LogP contribution in [0.15, 0.2) is 24.3 Å². The highest BCUT2D eigenvalue weighted by molar-refractivity contribution is 5.93. The number of fused-ring (bicyclic) bond motifs is 1. The number of phenolic OH excluding ortho intramolecular Hbond substituents is 1. The van der Waals surface area contributed by atoms with Gasteiger partial charge in [0.1, 0.15) is 22.9 Å². The number of nitrogens with zero attached hydrogens (tertiary/aromatic N) is 4. The lowest BCUT2D eigenvalue weighted by Crippen LogP contribution is -2.63. The number of hydrogen-bond acceptors (Lipinski definition) is 9. The minimum Gasteiger partial charge on any atom is -0.508 e. The number of piperidine rings is 1. The number of ether oxygens (including phenoxy) is 1. The third-order valence-electron chi connectivity index (χ3n) is 8.51. The Labute approximate surface area is 247 Å². The average molecular weight is 581 g/mol. The second-order valence-electron chi connectivity index (χ2n) is 13.0. The van der Waals surface area contributed by atoms with Gasteiger partial charge in [0, 0.05) is 31.7 Å². The normalized spacial score (nSPS) is 21.6. The minimum absolute atomic E-state index is 0.101. The Morgan fingerprint density at radius 3 is 2.50 bits per heavy atom. The number of benzene rings is 1. The molecule has 2 atom stereocenters. The monoisotopic (exact) mass is 580 g/mol. The van der Waals surface area contributed by atoms with Gasteiger partial charge in [-0.2, -0.15) is 4.98 Å². The number of hydrogen-bond donors (Lipinski definition) is 4. The first-order valence-corrected chi connectivity index (χ1v) is 15.1. The molecule has 4 N–H and O–H groups in total. The van der Waals surface area contributed by atoms with Gasteiger partial charge < -0.3 is 30.5 Å². The van der Waals surface area contributed by atoms with E-state index in [2.05, 4.69) is 20.5 Å². The number of carbonyl (C=O) groups excluding carboxylic acids is 2. The Morgan fingerprint density at radius 2 is 1.83 bits per heavy atom. The van der Waals surface area contributed by atoms with E-state index < -0.39 is 29.2 Å². The maximum absolute atomic E-state index is 13.4. The maximum atomic E-state index is 13.4. The predicted octanol–water partition coefficient (Wildman–Crippen LogP) is 3.98. The first-order chi connectivity index (χ1) is 19.9. The van der Waals surface area contributed by atoms with Gasteiger partial charge in [0.25, 0.3) is 5.91 Å². The largest absolute Gasteiger partial charge is 0.508 e. The molecule has 0 unspecified atom stereocenters. The van der Waals surface area contributed by atoms with E-state index >= 15 is 0 Å². The van der Waals surface area contributed by atoms with Gasteiger partial charge >= 0.3 is 6.09 Å². The topological polar surface area (TPSA) is 140 Å². The third kappa shape index (κ3) is 6.72. The number of nitrogens with one attached hydrogen (secondary N) is 2. The van der Waals surface area contributed by atoms with Crippen LogP contribution in [0.1, 0.15) is 87.8 Å². The second kappa shape index (κ2) is 11.9. The molecule has 2 aromatic rings. The Hall–Kier alpha value is -3.60. The summed E-state index contributed by atoms with van der Waals surface area (Å²) in [5.74, 6) is 0.866. The van der Waals surface area contributed by atoms with Crippen molar-refractivity contribution in [2.45, 2.75) is 102 Å². The highest BCUT2D eigenvalue weighted by Gasteiger charge is 2.46. The average Bonchev–Trinajstić information content (AvgIpc) is 2.92. The molecule has 3 heterocycles. The van der Waals surface area contributed by atoms with Crippen molar-refractivity contribution in [3.63, 3.8) is 0 Å². The molecule has 1 aromatic carbocycles. The highest BCUT2D eigenvalue weighted by atomic mass is 16.6. The smallest absolute Gasteiger partial charge is 0.411 e. The van der Waals surface area contributed by atoms with Gasteiger partial charge in [-0.3, -0.25) is 9.69 Å². The Bertz CT molecular complexity index is 1300. The van der Waals surface area contributed by atoms with E-state index in [1.165, 1.54) is 17.7 Å². The van der Waals surface area contributed by atoms with Gasteiger partial charge in [0.15, 0.2) is 0 Å². The summed E-state index contributed by atoms with van der Waals surface area (Å²) in [6.07, 6.45) is 5.26. The van der Waals surface area contributed by atoms with E-state index in [4.69, 9.17) is 9.72 Å². The molecule has 5 rings (SSSR count). The van der Waals surface area contributed by atoms with Gasteiger partial charge in [-0.15, -0.1) is 0 Å². The van der Waals surface area contributed by atoms with Crippen molar-refractivity contribution in [3.8, 4) is 5.75 Å². The van der Waals surface area contributed by atoms with Crippen LogP contribution in [-0.4, -0.2) is 80.0 Å². The zero-order valence-electron chi connectivity index (χ0n) is 25.2. The van der Waals surface area contributed by atoms with E-state index in [1.807, 2.05) is 0 Å². The van der Waals surface area contributed by atoms with Gasteiger partial charge in [-0.1, -0.05) is 6.07 Å². The summed E-state index contributed by atoms with van der Waals surface area (Å²) in [6, 6.07) is 7.05. The third-order valence-corrected chi connectivity index (χ3v) is 8.51. The lowest BCUT2D eigenvalue weighted by molar-refractivity contribution is -0.0496. The van der Waals surface area contributed by atoms with E-state index in [0.717, 1.165) is 49.9 Å². The van der Waals surface area contributed by atoms with Gasteiger partial charge in [0.2, 0.25) is 5.95 Å². The van der Waals surface area contributed by atoms with Crippen LogP contribution in [0.4, 0.5) is 16.6 Å². The van der Waals surface area contributed by atoms with Crippen molar-refractivity contribution in [2.24, 2.45) is 0 Å². The molecule has 1 aromatic heterocycles. The maximum Gasteiger partial charge on any atom is 0.411 e. The summed E-state index contributed by atoms with van der Waals surface area (Å²) in [5, 5.41) is 27.9. The van der Waals surface area contributed by atoms with Crippen molar-refractivity contribution in [2.75, 3.05) is 29.9 Å². The predicted molar refractivity (Wildman–Crippen MR) is 160 cm³/mol. The van der Waals surface area contributed by atoms with Crippen LogP contribution in [0, 0.1) is 0 Å². The van der Waals surface area contributed by atoms with E-state index in [0.29, 0.717) is 24.2 Å². The molecule has 2 fully saturated rings. The fraction of sp³-hybridized carbons (Fsp3) is 0.613. The number of aromatic hydroxyl groups is 1. The molecule has 228 valence electrons. The number of rotatable bonds is 7. The molecule has 1 saturated carbocycles. The Morgan fingerprint density at radius 1 is 1.10 bits per heavy atom. The van der Waals surface area contributed by atoms with Crippen molar-refractivity contribution in [1.82, 2.24) is 20.2 Å². The van der Waals surface area contributed by atoms with E-state index in [-0.39, 0.29) is 24.5 Å². The Balaban J connectivity index is 1.35. The van der Waals surface area contributed by atoms with Crippen LogP contribution in [0.3, 0.4) is 0 Å². The molecule has 1 saturated heterocycles. The lowest BCUT2D eigenvalue weighted by Gasteiger charge is -2.48. The second-order valence-corrected chi connectivity index (χ2v) is 13.0. The zero-order chi connectivity index (χ0) is 30.1. The summed E-state index contributed by atoms with van der Waals surface area (Å²) in [7, 11) is 0. The van der Waals surface area contributed by atoms with E-state index in [1.54, 1.807) is 52.0 Å². The van der Waals surface area contributed by atoms with Crippen LogP contribution in [-0.2, 0) is 17.7 Å².